The van der Waals surface area contributed by atoms with Gasteiger partial charge in [-0.1, -0.05) is 6.92 Å². The predicted octanol–water partition coefficient (Wildman–Crippen LogP) is 2.18. The summed E-state index contributed by atoms with van der Waals surface area (Å²) < 4.78 is 15.0. The zero-order chi connectivity index (χ0) is 17.4. The minimum Gasteiger partial charge on any atom is -0.369 e. The lowest BCUT2D eigenvalue weighted by atomic mass is 9.98. The molecule has 0 saturated carbocycles. The number of nitrogens with zero attached hydrogens (tertiary/aromatic N) is 3. The molecule has 5 nitrogen and oxygen atoms in total. The van der Waals surface area contributed by atoms with Crippen molar-refractivity contribution in [3.63, 3.8) is 0 Å². The van der Waals surface area contributed by atoms with Crippen LogP contribution in [0.15, 0.2) is 24.3 Å². The highest BCUT2D eigenvalue weighted by atomic mass is 19.1. The molecule has 2 atom stereocenters. The molecule has 2 aromatic rings. The third kappa shape index (κ3) is 3.06. The van der Waals surface area contributed by atoms with E-state index in [1.165, 1.54) is 12.1 Å². The topological polar surface area (TPSA) is 64.2 Å². The van der Waals surface area contributed by atoms with Gasteiger partial charge in [-0.2, -0.15) is 5.10 Å². The molecule has 0 aliphatic carbocycles. The Morgan fingerprint density at radius 2 is 1.96 bits per heavy atom. The molecular weight excluding hydrogens is 307 g/mol. The van der Waals surface area contributed by atoms with Crippen molar-refractivity contribution in [1.29, 1.82) is 0 Å². The van der Waals surface area contributed by atoms with Gasteiger partial charge in [0.25, 0.3) is 0 Å². The Morgan fingerprint density at radius 1 is 1.29 bits per heavy atom. The predicted molar refractivity (Wildman–Crippen MR) is 90.1 cm³/mol. The largest absolute Gasteiger partial charge is 0.369 e. The number of benzene rings is 1. The van der Waals surface area contributed by atoms with Crippen LogP contribution in [0.4, 0.5) is 4.39 Å². The van der Waals surface area contributed by atoms with Gasteiger partial charge >= 0.3 is 0 Å². The van der Waals surface area contributed by atoms with Gasteiger partial charge < -0.3 is 5.73 Å². The summed E-state index contributed by atoms with van der Waals surface area (Å²) in [5, 5.41) is 4.60. The lowest BCUT2D eigenvalue weighted by molar-refractivity contribution is -0.122. The lowest BCUT2D eigenvalue weighted by Gasteiger charge is -2.15. The number of carbonyl (C=O) groups is 1. The average Bonchev–Trinajstić information content (AvgIpc) is 3.03. The third-order valence-corrected chi connectivity index (χ3v) is 4.95. The SMILES string of the molecule is Cc1nn(-c2ccc(F)cc2)c(C)c1CN1C[C@@H](C)[C@H](C(N)=O)C1. The van der Waals surface area contributed by atoms with Gasteiger partial charge in [0.1, 0.15) is 5.82 Å². The highest BCUT2D eigenvalue weighted by Gasteiger charge is 2.34. The summed E-state index contributed by atoms with van der Waals surface area (Å²) in [5.41, 5.74) is 9.46. The first-order chi connectivity index (χ1) is 11.4. The maximum absolute atomic E-state index is 13.1. The molecule has 1 aromatic carbocycles. The van der Waals surface area contributed by atoms with E-state index in [4.69, 9.17) is 5.73 Å². The van der Waals surface area contributed by atoms with Crippen molar-refractivity contribution in [2.75, 3.05) is 13.1 Å². The van der Waals surface area contributed by atoms with Crippen LogP contribution in [0.25, 0.3) is 5.69 Å². The van der Waals surface area contributed by atoms with E-state index in [9.17, 15) is 9.18 Å². The normalized spacial score (nSPS) is 21.3. The number of aromatic nitrogens is 2. The molecule has 0 unspecified atom stereocenters. The van der Waals surface area contributed by atoms with Crippen LogP contribution in [0, 0.1) is 31.5 Å². The van der Waals surface area contributed by atoms with Crippen molar-refractivity contribution in [3.05, 3.63) is 47.0 Å². The first-order valence-electron chi connectivity index (χ1n) is 8.19. The molecule has 6 heteroatoms. The Morgan fingerprint density at radius 3 is 2.54 bits per heavy atom. The second-order valence-corrected chi connectivity index (χ2v) is 6.72. The number of nitrogens with two attached hydrogens (primary N) is 1. The van der Waals surface area contributed by atoms with Crippen molar-refractivity contribution in [2.45, 2.75) is 27.3 Å². The number of carbonyl (C=O) groups excluding carboxylic acids is 1. The number of rotatable bonds is 4. The summed E-state index contributed by atoms with van der Waals surface area (Å²) in [6.07, 6.45) is 0. The molecule has 1 saturated heterocycles. The Balaban J connectivity index is 1.83. The summed E-state index contributed by atoms with van der Waals surface area (Å²) in [4.78, 5) is 13.8. The molecule has 1 aliphatic heterocycles. The molecule has 3 rings (SSSR count). The maximum atomic E-state index is 13.1. The van der Waals surface area contributed by atoms with Crippen LogP contribution < -0.4 is 5.73 Å². The molecule has 2 N–H and O–H groups in total. The Kier molecular flexibility index (Phi) is 4.41. The molecule has 0 spiro atoms. The molecule has 1 fully saturated rings. The minimum atomic E-state index is -0.260. The number of halogens is 1. The van der Waals surface area contributed by atoms with Gasteiger partial charge in [0.05, 0.1) is 17.3 Å². The zero-order valence-electron chi connectivity index (χ0n) is 14.3. The Labute approximate surface area is 141 Å². The Hall–Kier alpha value is -2.21. The fraction of sp³-hybridized carbons (Fsp3) is 0.444. The minimum absolute atomic E-state index is 0.0854. The van der Waals surface area contributed by atoms with E-state index in [-0.39, 0.29) is 23.6 Å². The second kappa shape index (κ2) is 6.36. The summed E-state index contributed by atoms with van der Waals surface area (Å²) in [5.74, 6) is -0.294. The van der Waals surface area contributed by atoms with E-state index in [1.807, 2.05) is 18.5 Å². The fourth-order valence-corrected chi connectivity index (χ4v) is 3.53. The van der Waals surface area contributed by atoms with Crippen LogP contribution in [0.2, 0.25) is 0 Å². The van der Waals surface area contributed by atoms with Crippen molar-refractivity contribution >= 4 is 5.91 Å². The van der Waals surface area contributed by atoms with Crippen molar-refractivity contribution in [3.8, 4) is 5.69 Å². The fourth-order valence-electron chi connectivity index (χ4n) is 3.53. The number of likely N-dealkylation sites (tertiary alicyclic amines) is 1. The third-order valence-electron chi connectivity index (χ3n) is 4.95. The molecule has 128 valence electrons. The van der Waals surface area contributed by atoms with Gasteiger partial charge in [-0.05, 0) is 44.0 Å². The molecule has 0 radical (unpaired) electrons. The number of primary amides is 1. The zero-order valence-corrected chi connectivity index (χ0v) is 14.3. The maximum Gasteiger partial charge on any atom is 0.222 e. The number of hydrogen-bond acceptors (Lipinski definition) is 3. The van der Waals surface area contributed by atoms with Crippen molar-refractivity contribution < 1.29 is 9.18 Å². The molecular formula is C18H23FN4O. The van der Waals surface area contributed by atoms with Crippen LogP contribution in [0.1, 0.15) is 23.9 Å². The standard InChI is InChI=1S/C18H23FN4O/c1-11-8-22(9-16(11)18(20)24)10-17-12(2)21-23(13(17)3)15-6-4-14(19)5-7-15/h4-7,11,16H,8-10H2,1-3H3,(H2,20,24)/t11-,16-/m1/s1. The second-order valence-electron chi connectivity index (χ2n) is 6.72. The van der Waals surface area contributed by atoms with Crippen LogP contribution in [-0.4, -0.2) is 33.7 Å². The molecule has 1 amide bonds. The van der Waals surface area contributed by atoms with Gasteiger partial charge in [0, 0.05) is 30.9 Å². The van der Waals surface area contributed by atoms with Crippen LogP contribution >= 0.6 is 0 Å². The smallest absolute Gasteiger partial charge is 0.222 e. The lowest BCUT2D eigenvalue weighted by Crippen LogP contribution is -2.29. The van der Waals surface area contributed by atoms with E-state index in [0.717, 1.165) is 35.7 Å². The van der Waals surface area contributed by atoms with Crippen LogP contribution in [0.5, 0.6) is 0 Å². The highest BCUT2D eigenvalue weighted by Crippen LogP contribution is 2.26. The quantitative estimate of drug-likeness (QED) is 0.934. The highest BCUT2D eigenvalue weighted by molar-refractivity contribution is 5.77. The molecule has 24 heavy (non-hydrogen) atoms. The van der Waals surface area contributed by atoms with Crippen LogP contribution in [-0.2, 0) is 11.3 Å². The monoisotopic (exact) mass is 330 g/mol. The van der Waals surface area contributed by atoms with E-state index in [2.05, 4.69) is 16.9 Å². The van der Waals surface area contributed by atoms with Gasteiger partial charge in [-0.3, -0.25) is 9.69 Å². The number of amides is 1. The summed E-state index contributed by atoms with van der Waals surface area (Å²) in [7, 11) is 0. The van der Waals surface area contributed by atoms with E-state index >= 15 is 0 Å². The van der Waals surface area contributed by atoms with Gasteiger partial charge in [0.15, 0.2) is 0 Å². The molecule has 1 aliphatic rings. The molecule has 2 heterocycles. The molecule has 0 bridgehead atoms. The Bertz CT molecular complexity index is 753. The van der Waals surface area contributed by atoms with Gasteiger partial charge in [-0.25, -0.2) is 9.07 Å². The summed E-state index contributed by atoms with van der Waals surface area (Å²) in [6.45, 7) is 8.35. The van der Waals surface area contributed by atoms with Gasteiger partial charge in [-0.15, -0.1) is 0 Å². The van der Waals surface area contributed by atoms with Crippen molar-refractivity contribution in [2.24, 2.45) is 17.6 Å². The van der Waals surface area contributed by atoms with Crippen LogP contribution in [0.3, 0.4) is 0 Å². The van der Waals surface area contributed by atoms with E-state index in [1.54, 1.807) is 12.1 Å². The first-order valence-corrected chi connectivity index (χ1v) is 8.19. The van der Waals surface area contributed by atoms with E-state index in [0.29, 0.717) is 6.54 Å². The first kappa shape index (κ1) is 16.6. The summed E-state index contributed by atoms with van der Waals surface area (Å²) in [6, 6.07) is 6.31. The van der Waals surface area contributed by atoms with Crippen molar-refractivity contribution in [1.82, 2.24) is 14.7 Å². The van der Waals surface area contributed by atoms with E-state index < -0.39 is 0 Å². The summed E-state index contributed by atoms with van der Waals surface area (Å²) >= 11 is 0. The van der Waals surface area contributed by atoms with Gasteiger partial charge in [0.2, 0.25) is 5.91 Å². The number of aryl methyl sites for hydroxylation is 1. The average molecular weight is 330 g/mol. The molecule has 1 aromatic heterocycles. The number of hydrogen-bond donors (Lipinski definition) is 1.